The molecule has 470 valence electrons. The van der Waals surface area contributed by atoms with Crippen molar-refractivity contribution in [3.8, 4) is 0 Å². The number of aliphatic hydroxyl groups excluding tert-OH is 1. The molecule has 12 heteroatoms. The van der Waals surface area contributed by atoms with E-state index >= 15 is 0 Å². The third kappa shape index (κ3) is 60.7. The smallest absolute Gasteiger partial charge is 0.462 e. The molecule has 0 aromatic heterocycles. The lowest BCUT2D eigenvalue weighted by molar-refractivity contribution is -0.161. The molecule has 0 saturated heterocycles. The van der Waals surface area contributed by atoms with Crippen molar-refractivity contribution in [2.24, 2.45) is 0 Å². The van der Waals surface area contributed by atoms with Gasteiger partial charge in [0, 0.05) is 19.3 Å². The molecule has 0 aliphatic rings. The fraction of sp³-hybridized carbons (Fsp3) is 0.700. The van der Waals surface area contributed by atoms with Crippen LogP contribution in [0.1, 0.15) is 278 Å². The van der Waals surface area contributed by atoms with Crippen LogP contribution >= 0.6 is 7.82 Å². The quantitative estimate of drug-likeness (QED) is 0.0197. The zero-order chi connectivity index (χ0) is 59.8. The molecule has 3 unspecified atom stereocenters. The lowest BCUT2D eigenvalue weighted by Gasteiger charge is -2.21. The Bertz CT molecular complexity index is 1790. The van der Waals surface area contributed by atoms with E-state index in [0.717, 1.165) is 135 Å². The van der Waals surface area contributed by atoms with E-state index in [1.54, 1.807) is 0 Å². The highest BCUT2D eigenvalue weighted by Gasteiger charge is 2.28. The Labute approximate surface area is 501 Å². The van der Waals surface area contributed by atoms with E-state index in [1.165, 1.54) is 83.5 Å². The molecule has 0 heterocycles. The van der Waals surface area contributed by atoms with Gasteiger partial charge < -0.3 is 24.2 Å². The van der Waals surface area contributed by atoms with Gasteiger partial charge in [-0.2, -0.15) is 0 Å². The van der Waals surface area contributed by atoms with Crippen molar-refractivity contribution in [1.82, 2.24) is 0 Å². The number of phosphoric acid groups is 1. The normalized spacial score (nSPS) is 14.0. The van der Waals surface area contributed by atoms with E-state index in [0.29, 0.717) is 19.3 Å². The van der Waals surface area contributed by atoms with Gasteiger partial charge in [-0.05, 0) is 128 Å². The Balaban J connectivity index is 4.76. The van der Waals surface area contributed by atoms with Crippen LogP contribution in [-0.2, 0) is 42.2 Å². The minimum atomic E-state index is -4.77. The maximum atomic E-state index is 13.0. The van der Waals surface area contributed by atoms with Crippen molar-refractivity contribution in [2.45, 2.75) is 290 Å². The number of hydrogen-bond donors (Lipinski definition) is 2. The summed E-state index contributed by atoms with van der Waals surface area (Å²) in [5.74, 6) is -1.51. The molecule has 0 aliphatic heterocycles. The molecule has 0 aliphatic carbocycles. The van der Waals surface area contributed by atoms with Gasteiger partial charge in [0.2, 0.25) is 0 Å². The van der Waals surface area contributed by atoms with Crippen LogP contribution in [0.2, 0.25) is 0 Å². The molecule has 0 rings (SSSR count). The van der Waals surface area contributed by atoms with E-state index in [2.05, 4.69) is 130 Å². The second-order valence-corrected chi connectivity index (χ2v) is 23.0. The number of allylic oxidation sites excluding steroid dienone is 18. The third-order valence-corrected chi connectivity index (χ3v) is 14.6. The third-order valence-electron chi connectivity index (χ3n) is 13.6. The second kappa shape index (κ2) is 63.2. The molecule has 82 heavy (non-hydrogen) atoms. The first kappa shape index (κ1) is 78.1. The van der Waals surface area contributed by atoms with E-state index in [9.17, 15) is 28.9 Å². The number of carbonyl (C=O) groups excluding carboxylic acids is 3. The largest absolute Gasteiger partial charge is 0.472 e. The minimum absolute atomic E-state index is 0.144. The summed E-state index contributed by atoms with van der Waals surface area (Å²) in [7, 11) is -4.77. The Morgan fingerprint density at radius 2 is 0.634 bits per heavy atom. The molecule has 2 N–H and O–H groups in total. The van der Waals surface area contributed by atoms with Crippen LogP contribution in [0.5, 0.6) is 0 Å². The average molecular weight is 1170 g/mol. The lowest BCUT2D eigenvalue weighted by Crippen LogP contribution is -2.30. The predicted octanol–water partition coefficient (Wildman–Crippen LogP) is 20.1. The van der Waals surface area contributed by atoms with Crippen molar-refractivity contribution >= 4 is 25.7 Å². The monoisotopic (exact) mass is 1170 g/mol. The molecule has 0 aromatic rings. The molecular weight excluding hydrogens is 1050 g/mol. The van der Waals surface area contributed by atoms with Crippen molar-refractivity contribution in [3.05, 3.63) is 109 Å². The maximum absolute atomic E-state index is 13.0. The summed E-state index contributed by atoms with van der Waals surface area (Å²) in [4.78, 5) is 48.8. The average Bonchev–Trinajstić information content (AvgIpc) is 3.49. The zero-order valence-electron chi connectivity index (χ0n) is 52.2. The van der Waals surface area contributed by atoms with Crippen LogP contribution in [0, 0.1) is 0 Å². The molecule has 0 bridgehead atoms. The van der Waals surface area contributed by atoms with Gasteiger partial charge in [-0.3, -0.25) is 23.4 Å². The molecule has 3 atom stereocenters. The van der Waals surface area contributed by atoms with Crippen molar-refractivity contribution in [2.75, 3.05) is 26.4 Å². The van der Waals surface area contributed by atoms with Crippen LogP contribution in [0.4, 0.5) is 0 Å². The molecule has 0 aromatic carbocycles. The number of carbonyl (C=O) groups is 3. The Hall–Kier alpha value is -3.86. The summed E-state index contributed by atoms with van der Waals surface area (Å²) in [5.41, 5.74) is 0. The van der Waals surface area contributed by atoms with Crippen molar-refractivity contribution < 1.29 is 52.2 Å². The first-order chi connectivity index (χ1) is 40.2. The van der Waals surface area contributed by atoms with E-state index < -0.39 is 57.8 Å². The van der Waals surface area contributed by atoms with Gasteiger partial charge in [0.15, 0.2) is 6.10 Å². The van der Waals surface area contributed by atoms with Crippen LogP contribution in [0.15, 0.2) is 109 Å². The molecule has 0 fully saturated rings. The van der Waals surface area contributed by atoms with Gasteiger partial charge >= 0.3 is 25.7 Å². The summed E-state index contributed by atoms with van der Waals surface area (Å²) >= 11 is 0. The van der Waals surface area contributed by atoms with E-state index in [1.807, 2.05) is 0 Å². The summed E-state index contributed by atoms with van der Waals surface area (Å²) < 4.78 is 39.7. The predicted molar refractivity (Wildman–Crippen MR) is 343 cm³/mol. The highest BCUT2D eigenvalue weighted by atomic mass is 31.2. The molecule has 0 saturated carbocycles. The SMILES string of the molecule is CC/C=C\C/C=C\C/C=C\C/C=C\CCCCCCC(=O)OC(CO)COP(=O)(O)OCC(COC(=O)CCCCCCCC/C=C\C/C=C\C/C=C\CCCCC)OC(=O)CCCCCCCCCCC/C=C\C/C=C\CCCCC. The Morgan fingerprint density at radius 1 is 0.354 bits per heavy atom. The fourth-order valence-corrected chi connectivity index (χ4v) is 9.46. The first-order valence-electron chi connectivity index (χ1n) is 32.8. The van der Waals surface area contributed by atoms with Gasteiger partial charge in [0.25, 0.3) is 0 Å². The highest BCUT2D eigenvalue weighted by molar-refractivity contribution is 7.47. The molecule has 0 spiro atoms. The Morgan fingerprint density at radius 3 is 0.976 bits per heavy atom. The van der Waals surface area contributed by atoms with E-state index in [4.69, 9.17) is 23.3 Å². The van der Waals surface area contributed by atoms with Gasteiger partial charge in [-0.1, -0.05) is 239 Å². The summed E-state index contributed by atoms with van der Waals surface area (Å²) in [6.45, 7) is 4.46. The second-order valence-electron chi connectivity index (χ2n) is 21.5. The molecule has 0 radical (unpaired) electrons. The van der Waals surface area contributed by atoms with Crippen LogP contribution < -0.4 is 0 Å². The fourth-order valence-electron chi connectivity index (χ4n) is 8.68. The molecule has 11 nitrogen and oxygen atoms in total. The summed E-state index contributed by atoms with van der Waals surface area (Å²) in [6, 6.07) is 0. The van der Waals surface area contributed by atoms with Crippen LogP contribution in [-0.4, -0.2) is 66.5 Å². The number of unbranched alkanes of at least 4 members (excludes halogenated alkanes) is 25. The van der Waals surface area contributed by atoms with Gasteiger partial charge in [0.05, 0.1) is 19.8 Å². The Kier molecular flexibility index (Phi) is 60.2. The standard InChI is InChI=1S/C70H119O11P/c1-4-7-10-13-16-19-22-25-28-31-33-36-38-41-44-47-50-53-56-59-68(72)77-63-67(81-70(74)61-58-55-52-49-46-43-40-37-34-32-29-26-23-20-17-14-11-8-5-2)65-79-82(75,76)78-64-66(62-71)80-69(73)60-57-54-51-48-45-42-39-35-30-27-24-21-18-15-12-9-6-3/h9,12,16-21,25-30,33,36,39,42,66-67,71H,4-8,10-11,13-15,22-24,31-32,34-35,37-38,40-41,43-65H2,1-3H3,(H,75,76)/b12-9-,19-16-,20-17-,21-18-,28-25-,29-26-,30-27-,36-33-,42-39-. The van der Waals surface area contributed by atoms with Gasteiger partial charge in [0.1, 0.15) is 12.7 Å². The summed E-state index contributed by atoms with van der Waals surface area (Å²) in [6.07, 6.45) is 77.4. The first-order valence-corrected chi connectivity index (χ1v) is 34.3. The summed E-state index contributed by atoms with van der Waals surface area (Å²) in [5, 5.41) is 9.86. The van der Waals surface area contributed by atoms with Crippen molar-refractivity contribution in [1.29, 1.82) is 0 Å². The number of phosphoric ester groups is 1. The van der Waals surface area contributed by atoms with Gasteiger partial charge in [-0.25, -0.2) is 4.57 Å². The molecule has 0 amide bonds. The number of esters is 3. The van der Waals surface area contributed by atoms with Gasteiger partial charge in [-0.15, -0.1) is 0 Å². The van der Waals surface area contributed by atoms with E-state index in [-0.39, 0.29) is 25.9 Å². The molecular formula is C70H119O11P. The lowest BCUT2D eigenvalue weighted by atomic mass is 10.1. The maximum Gasteiger partial charge on any atom is 0.472 e. The topological polar surface area (TPSA) is 155 Å². The highest BCUT2D eigenvalue weighted by Crippen LogP contribution is 2.43. The van der Waals surface area contributed by atoms with Crippen LogP contribution in [0.3, 0.4) is 0 Å². The van der Waals surface area contributed by atoms with Crippen LogP contribution in [0.25, 0.3) is 0 Å². The zero-order valence-corrected chi connectivity index (χ0v) is 53.1. The minimum Gasteiger partial charge on any atom is -0.462 e. The number of rotatable bonds is 60. The van der Waals surface area contributed by atoms with Crippen molar-refractivity contribution in [3.63, 3.8) is 0 Å². The number of aliphatic hydroxyl groups is 1. The number of ether oxygens (including phenoxy) is 3. The number of hydrogen-bond acceptors (Lipinski definition) is 10.